The van der Waals surface area contributed by atoms with E-state index in [2.05, 4.69) is 10.2 Å². The summed E-state index contributed by atoms with van der Waals surface area (Å²) < 4.78 is 0. The number of fused-ring (bicyclic) bond motifs is 1. The van der Waals surface area contributed by atoms with Gasteiger partial charge in [-0.15, -0.1) is 0 Å². The van der Waals surface area contributed by atoms with Crippen molar-refractivity contribution in [1.29, 1.82) is 0 Å². The van der Waals surface area contributed by atoms with Gasteiger partial charge >= 0.3 is 0 Å². The van der Waals surface area contributed by atoms with Gasteiger partial charge in [0.2, 0.25) is 0 Å². The van der Waals surface area contributed by atoms with E-state index >= 15 is 0 Å². The van der Waals surface area contributed by atoms with Crippen LogP contribution in [0.1, 0.15) is 24.8 Å². The molecule has 0 saturated carbocycles. The molecule has 102 valence electrons. The van der Waals surface area contributed by atoms with Gasteiger partial charge in [-0.25, -0.2) is 0 Å². The third-order valence-corrected chi connectivity index (χ3v) is 4.30. The van der Waals surface area contributed by atoms with E-state index in [-0.39, 0.29) is 10.6 Å². The van der Waals surface area contributed by atoms with Gasteiger partial charge < -0.3 is 5.32 Å². The first-order valence-corrected chi connectivity index (χ1v) is 6.91. The summed E-state index contributed by atoms with van der Waals surface area (Å²) in [6.07, 6.45) is 3.53. The normalized spacial score (nSPS) is 26.4. The first kappa shape index (κ1) is 12.4. The van der Waals surface area contributed by atoms with Gasteiger partial charge in [0.25, 0.3) is 5.69 Å². The van der Waals surface area contributed by atoms with Gasteiger partial charge in [0.1, 0.15) is 5.69 Å². The molecule has 2 atom stereocenters. The number of hydrogen-bond acceptors (Lipinski definition) is 4. The van der Waals surface area contributed by atoms with Crippen LogP contribution >= 0.6 is 0 Å². The highest BCUT2D eigenvalue weighted by Crippen LogP contribution is 2.33. The molecule has 5 heteroatoms. The van der Waals surface area contributed by atoms with Crippen LogP contribution in [0.5, 0.6) is 0 Å². The minimum Gasteiger partial charge on any atom is -0.375 e. The molecule has 5 nitrogen and oxygen atoms in total. The van der Waals surface area contributed by atoms with Crippen molar-refractivity contribution in [3.05, 3.63) is 33.9 Å². The summed E-state index contributed by atoms with van der Waals surface area (Å²) in [5.74, 6) is 0. The van der Waals surface area contributed by atoms with Crippen LogP contribution in [0.25, 0.3) is 0 Å². The van der Waals surface area contributed by atoms with Gasteiger partial charge in [0.15, 0.2) is 0 Å². The number of hydrogen-bond donors (Lipinski definition) is 1. The quantitative estimate of drug-likeness (QED) is 0.671. The van der Waals surface area contributed by atoms with Gasteiger partial charge in [0.05, 0.1) is 4.92 Å². The van der Waals surface area contributed by atoms with Crippen LogP contribution in [-0.4, -0.2) is 35.0 Å². The van der Waals surface area contributed by atoms with E-state index in [4.69, 9.17) is 0 Å². The number of anilines is 1. The SMILES string of the molecule is Cc1ccc(NC2CCN3CCCC23)c([N+](=O)[O-])c1. The predicted octanol–water partition coefficient (Wildman–Crippen LogP) is 2.55. The molecular formula is C14H19N3O2. The molecular weight excluding hydrogens is 242 g/mol. The summed E-state index contributed by atoms with van der Waals surface area (Å²) in [5, 5.41) is 14.5. The number of nitro benzene ring substituents is 1. The third-order valence-electron chi connectivity index (χ3n) is 4.30. The maximum absolute atomic E-state index is 11.1. The molecule has 2 saturated heterocycles. The number of nitrogens with one attached hydrogen (secondary N) is 1. The fourth-order valence-corrected chi connectivity index (χ4v) is 3.37. The maximum Gasteiger partial charge on any atom is 0.292 e. The van der Waals surface area contributed by atoms with E-state index in [1.165, 1.54) is 19.4 Å². The van der Waals surface area contributed by atoms with Crippen molar-refractivity contribution in [2.75, 3.05) is 18.4 Å². The van der Waals surface area contributed by atoms with E-state index in [0.717, 1.165) is 18.5 Å². The van der Waals surface area contributed by atoms with Crippen molar-refractivity contribution in [2.24, 2.45) is 0 Å². The summed E-state index contributed by atoms with van der Waals surface area (Å²) in [5.41, 5.74) is 1.77. The minimum atomic E-state index is -0.295. The van der Waals surface area contributed by atoms with Crippen molar-refractivity contribution in [3.63, 3.8) is 0 Å². The Balaban J connectivity index is 1.81. The Labute approximate surface area is 112 Å². The van der Waals surface area contributed by atoms with Gasteiger partial charge in [0, 0.05) is 24.7 Å². The fraction of sp³-hybridized carbons (Fsp3) is 0.571. The van der Waals surface area contributed by atoms with Crippen LogP contribution in [0.4, 0.5) is 11.4 Å². The van der Waals surface area contributed by atoms with E-state index < -0.39 is 0 Å². The summed E-state index contributed by atoms with van der Waals surface area (Å²) in [4.78, 5) is 13.3. The van der Waals surface area contributed by atoms with Crippen molar-refractivity contribution in [3.8, 4) is 0 Å². The molecule has 2 aliphatic heterocycles. The zero-order valence-corrected chi connectivity index (χ0v) is 11.1. The molecule has 2 aliphatic rings. The largest absolute Gasteiger partial charge is 0.375 e. The molecule has 0 aliphatic carbocycles. The number of aryl methyl sites for hydroxylation is 1. The van der Waals surface area contributed by atoms with Crippen molar-refractivity contribution >= 4 is 11.4 Å². The molecule has 3 rings (SSSR count). The van der Waals surface area contributed by atoms with Crippen molar-refractivity contribution in [2.45, 2.75) is 38.3 Å². The molecule has 2 unspecified atom stereocenters. The summed E-state index contributed by atoms with van der Waals surface area (Å²) in [7, 11) is 0. The third kappa shape index (κ3) is 2.30. The van der Waals surface area contributed by atoms with Crippen LogP contribution in [0, 0.1) is 17.0 Å². The molecule has 1 aromatic carbocycles. The predicted molar refractivity (Wildman–Crippen MR) is 74.5 cm³/mol. The number of rotatable bonds is 3. The second-order valence-electron chi connectivity index (χ2n) is 5.56. The van der Waals surface area contributed by atoms with Crippen LogP contribution in [0.2, 0.25) is 0 Å². The topological polar surface area (TPSA) is 58.4 Å². The lowest BCUT2D eigenvalue weighted by atomic mass is 10.1. The Hall–Kier alpha value is -1.62. The first-order valence-electron chi connectivity index (χ1n) is 6.91. The molecule has 1 aromatic rings. The number of nitro groups is 1. The molecule has 0 aromatic heterocycles. The van der Waals surface area contributed by atoms with E-state index in [0.29, 0.717) is 17.8 Å². The number of benzene rings is 1. The van der Waals surface area contributed by atoms with E-state index in [1.54, 1.807) is 6.07 Å². The van der Waals surface area contributed by atoms with Crippen LogP contribution in [0.3, 0.4) is 0 Å². The fourth-order valence-electron chi connectivity index (χ4n) is 3.37. The average molecular weight is 261 g/mol. The summed E-state index contributed by atoms with van der Waals surface area (Å²) in [6.45, 7) is 4.17. The standard InChI is InChI=1S/C14H19N3O2/c1-10-4-5-11(14(9-10)17(18)19)15-12-6-8-16-7-2-3-13(12)16/h4-5,9,12-13,15H,2-3,6-8H2,1H3. The van der Waals surface area contributed by atoms with E-state index in [1.807, 2.05) is 19.1 Å². The van der Waals surface area contributed by atoms with Crippen molar-refractivity contribution < 1.29 is 4.92 Å². The highest BCUT2D eigenvalue weighted by atomic mass is 16.6. The second kappa shape index (κ2) is 4.81. The molecule has 2 fully saturated rings. The molecule has 19 heavy (non-hydrogen) atoms. The Morgan fingerprint density at radius 1 is 1.37 bits per heavy atom. The zero-order chi connectivity index (χ0) is 13.4. The van der Waals surface area contributed by atoms with Gasteiger partial charge in [-0.2, -0.15) is 0 Å². The molecule has 0 spiro atoms. The highest BCUT2D eigenvalue weighted by molar-refractivity contribution is 5.63. The Morgan fingerprint density at radius 3 is 3.00 bits per heavy atom. The molecule has 0 amide bonds. The van der Waals surface area contributed by atoms with E-state index in [9.17, 15) is 10.1 Å². The second-order valence-corrected chi connectivity index (χ2v) is 5.56. The zero-order valence-electron chi connectivity index (χ0n) is 11.1. The van der Waals surface area contributed by atoms with Gasteiger partial charge in [-0.3, -0.25) is 15.0 Å². The van der Waals surface area contributed by atoms with Crippen LogP contribution in [-0.2, 0) is 0 Å². The number of nitrogens with zero attached hydrogens (tertiary/aromatic N) is 2. The first-order chi connectivity index (χ1) is 9.15. The highest BCUT2D eigenvalue weighted by Gasteiger charge is 2.37. The molecule has 0 radical (unpaired) electrons. The van der Waals surface area contributed by atoms with Crippen molar-refractivity contribution in [1.82, 2.24) is 4.90 Å². The van der Waals surface area contributed by atoms with Gasteiger partial charge in [-0.1, -0.05) is 6.07 Å². The Bertz CT molecular complexity index is 503. The minimum absolute atomic E-state index is 0.191. The smallest absolute Gasteiger partial charge is 0.292 e. The average Bonchev–Trinajstić information content (AvgIpc) is 2.96. The van der Waals surface area contributed by atoms with Gasteiger partial charge in [-0.05, 0) is 44.4 Å². The summed E-state index contributed by atoms with van der Waals surface area (Å²) in [6, 6.07) is 6.32. The monoisotopic (exact) mass is 261 g/mol. The maximum atomic E-state index is 11.1. The molecule has 1 N–H and O–H groups in total. The lowest BCUT2D eigenvalue weighted by molar-refractivity contribution is -0.384. The molecule has 0 bridgehead atoms. The lowest BCUT2D eigenvalue weighted by Gasteiger charge is -2.22. The van der Waals surface area contributed by atoms with Crippen LogP contribution in [0.15, 0.2) is 18.2 Å². The Morgan fingerprint density at radius 2 is 2.21 bits per heavy atom. The Kier molecular flexibility index (Phi) is 3.14. The lowest BCUT2D eigenvalue weighted by Crippen LogP contribution is -2.33. The summed E-state index contributed by atoms with van der Waals surface area (Å²) >= 11 is 0. The van der Waals surface area contributed by atoms with Crippen LogP contribution < -0.4 is 5.32 Å². The molecule has 2 heterocycles.